The molecule has 1 heterocycles. The van der Waals surface area contributed by atoms with E-state index in [2.05, 4.69) is 59.2 Å². The molecule has 152 valence electrons. The van der Waals surface area contributed by atoms with Crippen LogP contribution < -0.4 is 10.6 Å². The van der Waals surface area contributed by atoms with Gasteiger partial charge in [-0.2, -0.15) is 0 Å². The Balaban J connectivity index is 1.26. The maximum atomic E-state index is 12.4. The summed E-state index contributed by atoms with van der Waals surface area (Å²) in [5, 5.41) is 5.70. The highest BCUT2D eigenvalue weighted by atomic mass is 16.3. The molecule has 0 spiro atoms. The second-order valence-corrected chi connectivity index (χ2v) is 8.16. The molecule has 0 saturated carbocycles. The molecule has 2 aromatic carbocycles. The molecule has 0 radical (unpaired) electrons. The molecule has 3 aliphatic carbocycles. The lowest BCUT2D eigenvalue weighted by molar-refractivity contribution is -0.120. The molecule has 3 aliphatic rings. The van der Waals surface area contributed by atoms with Crippen LogP contribution in [0, 0.1) is 12.8 Å². The number of hydrogen-bond acceptors (Lipinski definition) is 3. The fourth-order valence-corrected chi connectivity index (χ4v) is 5.14. The zero-order chi connectivity index (χ0) is 20.7. The molecule has 2 bridgehead atoms. The maximum Gasteiger partial charge on any atom is 0.255 e. The summed E-state index contributed by atoms with van der Waals surface area (Å²) >= 11 is 0. The smallest absolute Gasteiger partial charge is 0.255 e. The number of rotatable bonds is 5. The van der Waals surface area contributed by atoms with E-state index in [1.165, 1.54) is 28.5 Å². The predicted molar refractivity (Wildman–Crippen MR) is 113 cm³/mol. The van der Waals surface area contributed by atoms with Crippen LogP contribution in [0.5, 0.6) is 0 Å². The molecule has 0 aliphatic heterocycles. The Kier molecular flexibility index (Phi) is 4.66. The van der Waals surface area contributed by atoms with E-state index in [-0.39, 0.29) is 18.4 Å². The van der Waals surface area contributed by atoms with E-state index in [1.807, 2.05) is 0 Å². The minimum absolute atomic E-state index is 0.0442. The zero-order valence-corrected chi connectivity index (χ0v) is 16.9. The van der Waals surface area contributed by atoms with Crippen molar-refractivity contribution in [1.29, 1.82) is 0 Å². The van der Waals surface area contributed by atoms with Crippen LogP contribution >= 0.6 is 0 Å². The molecule has 2 amide bonds. The van der Waals surface area contributed by atoms with Gasteiger partial charge in [0, 0.05) is 18.4 Å². The zero-order valence-electron chi connectivity index (χ0n) is 16.9. The first-order valence-corrected chi connectivity index (χ1v) is 10.4. The number of aryl methyl sites for hydroxylation is 1. The van der Waals surface area contributed by atoms with Gasteiger partial charge in [-0.25, -0.2) is 0 Å². The average molecular weight is 400 g/mol. The van der Waals surface area contributed by atoms with Crippen LogP contribution in [0.4, 0.5) is 0 Å². The fraction of sp³-hybridized carbons (Fsp3) is 0.280. The third-order valence-electron chi connectivity index (χ3n) is 6.50. The van der Waals surface area contributed by atoms with Crippen LogP contribution in [0.2, 0.25) is 0 Å². The minimum atomic E-state index is -0.295. The number of nitrogens with one attached hydrogen (secondary N) is 2. The van der Waals surface area contributed by atoms with Crippen molar-refractivity contribution in [2.45, 2.75) is 25.2 Å². The van der Waals surface area contributed by atoms with Crippen LogP contribution in [0.15, 0.2) is 65.3 Å². The van der Waals surface area contributed by atoms with Gasteiger partial charge in [0.15, 0.2) is 0 Å². The van der Waals surface area contributed by atoms with Crippen molar-refractivity contribution in [3.63, 3.8) is 0 Å². The third kappa shape index (κ3) is 3.11. The number of carbonyl (C=O) groups excluding carboxylic acids is 2. The molecule has 0 fully saturated rings. The van der Waals surface area contributed by atoms with Crippen LogP contribution in [0.25, 0.3) is 0 Å². The third-order valence-corrected chi connectivity index (χ3v) is 6.50. The van der Waals surface area contributed by atoms with E-state index < -0.39 is 0 Å². The summed E-state index contributed by atoms with van der Waals surface area (Å²) in [4.78, 5) is 24.6. The van der Waals surface area contributed by atoms with Gasteiger partial charge in [-0.05, 0) is 47.6 Å². The van der Waals surface area contributed by atoms with Crippen LogP contribution in [-0.2, 0) is 4.79 Å². The highest BCUT2D eigenvalue weighted by molar-refractivity contribution is 5.97. The number of furan rings is 1. The minimum Gasteiger partial charge on any atom is -0.469 e. The Morgan fingerprint density at radius 1 is 0.933 bits per heavy atom. The lowest BCUT2D eigenvalue weighted by Crippen LogP contribution is -2.42. The second kappa shape index (κ2) is 7.48. The maximum absolute atomic E-state index is 12.4. The quantitative estimate of drug-likeness (QED) is 0.686. The van der Waals surface area contributed by atoms with E-state index in [0.29, 0.717) is 35.6 Å². The molecule has 1 unspecified atom stereocenters. The molecule has 1 aromatic heterocycles. The van der Waals surface area contributed by atoms with Crippen molar-refractivity contribution >= 4 is 11.8 Å². The van der Waals surface area contributed by atoms with E-state index in [1.54, 1.807) is 13.0 Å². The van der Waals surface area contributed by atoms with Crippen molar-refractivity contribution in [3.8, 4) is 0 Å². The number of carbonyl (C=O) groups is 2. The van der Waals surface area contributed by atoms with Gasteiger partial charge in [-0.15, -0.1) is 0 Å². The SMILES string of the molecule is Cc1occc1C(=O)NCC(=O)NCC1CC2c3ccccc3C1c1ccccc12. The highest BCUT2D eigenvalue weighted by Gasteiger charge is 2.42. The standard InChI is InChI=1S/C25H24N2O3/c1-15-17(10-11-30-15)25(29)27-14-23(28)26-13-16-12-22-18-6-2-4-8-20(18)24(16)21-9-5-3-7-19(21)22/h2-11,16,22,24H,12-14H2,1H3,(H,26,28)(H,27,29). The van der Waals surface area contributed by atoms with Crippen molar-refractivity contribution in [2.75, 3.05) is 13.1 Å². The van der Waals surface area contributed by atoms with E-state index in [0.717, 1.165) is 6.42 Å². The Hall–Kier alpha value is -3.34. The molecule has 1 atom stereocenters. The van der Waals surface area contributed by atoms with Crippen LogP contribution in [-0.4, -0.2) is 24.9 Å². The molecule has 5 heteroatoms. The lowest BCUT2D eigenvalue weighted by atomic mass is 9.59. The van der Waals surface area contributed by atoms with Gasteiger partial charge in [-0.1, -0.05) is 48.5 Å². The Morgan fingerprint density at radius 2 is 1.57 bits per heavy atom. The summed E-state index contributed by atoms with van der Waals surface area (Å²) in [5.41, 5.74) is 6.07. The normalized spacial score (nSPS) is 20.9. The van der Waals surface area contributed by atoms with Gasteiger partial charge in [0.25, 0.3) is 5.91 Å². The Morgan fingerprint density at radius 3 is 2.17 bits per heavy atom. The van der Waals surface area contributed by atoms with E-state index in [4.69, 9.17) is 4.42 Å². The first-order valence-electron chi connectivity index (χ1n) is 10.4. The van der Waals surface area contributed by atoms with Gasteiger partial charge in [0.1, 0.15) is 5.76 Å². The van der Waals surface area contributed by atoms with Gasteiger partial charge < -0.3 is 15.1 Å². The Labute approximate surface area is 175 Å². The van der Waals surface area contributed by atoms with Crippen LogP contribution in [0.3, 0.4) is 0 Å². The largest absolute Gasteiger partial charge is 0.469 e. The van der Waals surface area contributed by atoms with E-state index in [9.17, 15) is 9.59 Å². The topological polar surface area (TPSA) is 71.3 Å². The number of fused-ring (bicyclic) bond motifs is 1. The molecule has 5 nitrogen and oxygen atoms in total. The summed E-state index contributed by atoms with van der Waals surface area (Å²) in [6.45, 7) is 2.28. The summed E-state index contributed by atoms with van der Waals surface area (Å²) in [7, 11) is 0. The number of amides is 2. The summed E-state index contributed by atoms with van der Waals surface area (Å²) in [5.74, 6) is 1.10. The molecule has 30 heavy (non-hydrogen) atoms. The highest BCUT2D eigenvalue weighted by Crippen LogP contribution is 2.55. The molecular weight excluding hydrogens is 376 g/mol. The average Bonchev–Trinajstić information content (AvgIpc) is 3.22. The van der Waals surface area contributed by atoms with Gasteiger partial charge >= 0.3 is 0 Å². The molecule has 3 aromatic rings. The van der Waals surface area contributed by atoms with Gasteiger partial charge in [-0.3, -0.25) is 9.59 Å². The summed E-state index contributed by atoms with van der Waals surface area (Å²) in [6, 6.07) is 19.0. The fourth-order valence-electron chi connectivity index (χ4n) is 5.14. The van der Waals surface area contributed by atoms with Crippen molar-refractivity contribution in [3.05, 3.63) is 94.4 Å². The van der Waals surface area contributed by atoms with Gasteiger partial charge in [0.05, 0.1) is 18.4 Å². The molecule has 2 N–H and O–H groups in total. The summed E-state index contributed by atoms with van der Waals surface area (Å²) in [6.07, 6.45) is 2.50. The van der Waals surface area contributed by atoms with Crippen molar-refractivity contribution in [2.24, 2.45) is 5.92 Å². The lowest BCUT2D eigenvalue weighted by Gasteiger charge is -2.45. The molecule has 6 rings (SSSR count). The number of hydrogen-bond donors (Lipinski definition) is 2. The van der Waals surface area contributed by atoms with Crippen molar-refractivity contribution < 1.29 is 14.0 Å². The van der Waals surface area contributed by atoms with E-state index >= 15 is 0 Å². The molecular formula is C25H24N2O3. The first-order chi connectivity index (χ1) is 14.6. The number of benzene rings is 2. The van der Waals surface area contributed by atoms with Crippen molar-refractivity contribution in [1.82, 2.24) is 10.6 Å². The predicted octanol–water partition coefficient (Wildman–Crippen LogP) is 3.73. The Bertz CT molecular complexity index is 1070. The summed E-state index contributed by atoms with van der Waals surface area (Å²) < 4.78 is 5.14. The monoisotopic (exact) mass is 400 g/mol. The first kappa shape index (κ1) is 18.7. The van der Waals surface area contributed by atoms with Crippen LogP contribution in [0.1, 0.15) is 56.6 Å². The van der Waals surface area contributed by atoms with Gasteiger partial charge in [0.2, 0.25) is 5.91 Å². The molecule has 0 saturated heterocycles. The second-order valence-electron chi connectivity index (χ2n) is 8.16.